The molecule has 1 aromatic rings. The number of benzene rings is 1. The fourth-order valence-electron chi connectivity index (χ4n) is 1.90. The molecule has 24 heavy (non-hydrogen) atoms. The Labute approximate surface area is 141 Å². The van der Waals surface area contributed by atoms with E-state index in [1.807, 2.05) is 18.2 Å². The summed E-state index contributed by atoms with van der Waals surface area (Å²) in [5.41, 5.74) is 0.779. The predicted octanol–water partition coefficient (Wildman–Crippen LogP) is 1.85. The van der Waals surface area contributed by atoms with E-state index in [2.05, 4.69) is 0 Å². The van der Waals surface area contributed by atoms with Gasteiger partial charge in [0.25, 0.3) is 5.91 Å². The zero-order valence-electron chi connectivity index (χ0n) is 14.0. The van der Waals surface area contributed by atoms with Gasteiger partial charge in [0.05, 0.1) is 6.54 Å². The third-order valence-electron chi connectivity index (χ3n) is 3.13. The first-order chi connectivity index (χ1) is 11.4. The predicted molar refractivity (Wildman–Crippen MR) is 90.1 cm³/mol. The molecule has 0 saturated heterocycles. The molecule has 0 aliphatic heterocycles. The van der Waals surface area contributed by atoms with Gasteiger partial charge in [0.1, 0.15) is 6.29 Å². The summed E-state index contributed by atoms with van der Waals surface area (Å²) in [4.78, 5) is 50.4. The number of rotatable bonds is 5. The normalized spacial score (nSPS) is 10.3. The number of nitrogens with zero attached hydrogens (tertiary/aromatic N) is 3. The van der Waals surface area contributed by atoms with Crippen LogP contribution in [-0.4, -0.2) is 66.1 Å². The molecule has 1 rings (SSSR count). The molecule has 128 valence electrons. The van der Waals surface area contributed by atoms with Crippen molar-refractivity contribution in [2.24, 2.45) is 0 Å². The molecule has 0 saturated carbocycles. The highest BCUT2D eigenvalue weighted by molar-refractivity contribution is 6.07. The van der Waals surface area contributed by atoms with E-state index < -0.39 is 24.5 Å². The maximum atomic E-state index is 12.5. The summed E-state index contributed by atoms with van der Waals surface area (Å²) in [6.45, 7) is 1.28. The number of aldehydes is 1. The molecule has 5 amide bonds. The molecular formula is C17H21N3O4. The van der Waals surface area contributed by atoms with Gasteiger partial charge in [-0.05, 0) is 18.6 Å². The van der Waals surface area contributed by atoms with Crippen molar-refractivity contribution >= 4 is 30.3 Å². The highest BCUT2D eigenvalue weighted by Crippen LogP contribution is 2.06. The first kappa shape index (κ1) is 19.1. The van der Waals surface area contributed by atoms with Gasteiger partial charge in [-0.1, -0.05) is 30.3 Å². The van der Waals surface area contributed by atoms with Crippen molar-refractivity contribution in [2.75, 3.05) is 27.2 Å². The molecule has 0 aliphatic carbocycles. The van der Waals surface area contributed by atoms with Crippen LogP contribution < -0.4 is 0 Å². The van der Waals surface area contributed by atoms with E-state index in [9.17, 15) is 19.2 Å². The number of hydrogen-bond acceptors (Lipinski definition) is 4. The molecule has 0 heterocycles. The Hall–Kier alpha value is -2.96. The van der Waals surface area contributed by atoms with Crippen molar-refractivity contribution in [1.82, 2.24) is 14.7 Å². The maximum absolute atomic E-state index is 12.5. The van der Waals surface area contributed by atoms with E-state index >= 15 is 0 Å². The van der Waals surface area contributed by atoms with Crippen LogP contribution in [0.5, 0.6) is 0 Å². The smallest absolute Gasteiger partial charge is 0.330 e. The summed E-state index contributed by atoms with van der Waals surface area (Å²) in [6.07, 6.45) is 3.18. The van der Waals surface area contributed by atoms with Gasteiger partial charge >= 0.3 is 12.1 Å². The SMILES string of the molecule is CCN(C(=O)N(C)C)C(=O)N(CC=O)C(=O)/C=C/c1ccccc1. The van der Waals surface area contributed by atoms with Crippen molar-refractivity contribution in [3.63, 3.8) is 0 Å². The minimum absolute atomic E-state index is 0.0842. The fourth-order valence-corrected chi connectivity index (χ4v) is 1.90. The van der Waals surface area contributed by atoms with E-state index in [-0.39, 0.29) is 6.54 Å². The van der Waals surface area contributed by atoms with Crippen LogP contribution in [0.2, 0.25) is 0 Å². The third-order valence-corrected chi connectivity index (χ3v) is 3.13. The number of carbonyl (C=O) groups excluding carboxylic acids is 4. The lowest BCUT2D eigenvalue weighted by atomic mass is 10.2. The standard InChI is InChI=1S/C17H21N3O4/c1-4-19(16(23)18(2)3)17(24)20(12-13-21)15(22)11-10-14-8-6-5-7-9-14/h5-11,13H,4,12H2,1-3H3/b11-10+. The summed E-state index contributed by atoms with van der Waals surface area (Å²) in [5.74, 6) is -0.666. The Bertz CT molecular complexity index is 626. The molecule has 0 radical (unpaired) electrons. The first-order valence-electron chi connectivity index (χ1n) is 7.43. The lowest BCUT2D eigenvalue weighted by molar-refractivity contribution is -0.125. The highest BCUT2D eigenvalue weighted by Gasteiger charge is 2.29. The molecular weight excluding hydrogens is 310 g/mol. The van der Waals surface area contributed by atoms with Gasteiger partial charge in [-0.15, -0.1) is 0 Å². The van der Waals surface area contributed by atoms with E-state index in [4.69, 9.17) is 0 Å². The fraction of sp³-hybridized carbons (Fsp3) is 0.294. The topological polar surface area (TPSA) is 78.0 Å². The number of carbonyl (C=O) groups is 4. The van der Waals surface area contributed by atoms with Crippen molar-refractivity contribution in [3.05, 3.63) is 42.0 Å². The second-order valence-electron chi connectivity index (χ2n) is 5.06. The van der Waals surface area contributed by atoms with Crippen LogP contribution in [0, 0.1) is 0 Å². The average molecular weight is 331 g/mol. The number of amides is 5. The summed E-state index contributed by atoms with van der Waals surface area (Å²) in [5, 5.41) is 0. The van der Waals surface area contributed by atoms with Gasteiger partial charge in [0.15, 0.2) is 0 Å². The lowest BCUT2D eigenvalue weighted by Crippen LogP contribution is -2.51. The molecule has 0 spiro atoms. The number of urea groups is 2. The zero-order valence-corrected chi connectivity index (χ0v) is 14.0. The van der Waals surface area contributed by atoms with Gasteiger partial charge in [-0.25, -0.2) is 14.5 Å². The van der Waals surface area contributed by atoms with Gasteiger partial charge < -0.3 is 9.69 Å². The van der Waals surface area contributed by atoms with E-state index in [0.29, 0.717) is 6.29 Å². The van der Waals surface area contributed by atoms with Crippen LogP contribution in [0.3, 0.4) is 0 Å². The van der Waals surface area contributed by atoms with Crippen molar-refractivity contribution < 1.29 is 19.2 Å². The summed E-state index contributed by atoms with van der Waals surface area (Å²) >= 11 is 0. The lowest BCUT2D eigenvalue weighted by Gasteiger charge is -2.27. The maximum Gasteiger partial charge on any atom is 0.335 e. The molecule has 7 nitrogen and oxygen atoms in total. The van der Waals surface area contributed by atoms with E-state index in [1.54, 1.807) is 19.1 Å². The van der Waals surface area contributed by atoms with E-state index in [1.165, 1.54) is 31.1 Å². The summed E-state index contributed by atoms with van der Waals surface area (Å²) < 4.78 is 0. The molecule has 7 heteroatoms. The monoisotopic (exact) mass is 331 g/mol. The van der Waals surface area contributed by atoms with Gasteiger partial charge in [0.2, 0.25) is 0 Å². The van der Waals surface area contributed by atoms with Gasteiger partial charge in [-0.3, -0.25) is 9.69 Å². The van der Waals surface area contributed by atoms with Crippen molar-refractivity contribution in [3.8, 4) is 0 Å². The second-order valence-corrected chi connectivity index (χ2v) is 5.06. The Morgan fingerprint density at radius 2 is 1.62 bits per heavy atom. The molecule has 1 aromatic carbocycles. The zero-order chi connectivity index (χ0) is 18.1. The minimum atomic E-state index is -0.828. The highest BCUT2D eigenvalue weighted by atomic mass is 16.2. The quantitative estimate of drug-likeness (QED) is 0.609. The number of hydrogen-bond donors (Lipinski definition) is 0. The van der Waals surface area contributed by atoms with Crippen molar-refractivity contribution in [2.45, 2.75) is 6.92 Å². The van der Waals surface area contributed by atoms with Gasteiger partial charge in [-0.2, -0.15) is 0 Å². The van der Waals surface area contributed by atoms with Crippen LogP contribution in [-0.2, 0) is 9.59 Å². The molecule has 0 aliphatic rings. The Morgan fingerprint density at radius 1 is 1.00 bits per heavy atom. The Balaban J connectivity index is 2.97. The van der Waals surface area contributed by atoms with Crippen LogP contribution in [0.15, 0.2) is 36.4 Å². The van der Waals surface area contributed by atoms with Crippen LogP contribution in [0.4, 0.5) is 9.59 Å². The minimum Gasteiger partial charge on any atom is -0.330 e. The number of imide groups is 2. The van der Waals surface area contributed by atoms with Crippen LogP contribution in [0.1, 0.15) is 12.5 Å². The molecule has 0 unspecified atom stereocenters. The second kappa shape index (κ2) is 9.24. The van der Waals surface area contributed by atoms with E-state index in [0.717, 1.165) is 15.4 Å². The average Bonchev–Trinajstić information content (AvgIpc) is 2.58. The Kier molecular flexibility index (Phi) is 7.35. The van der Waals surface area contributed by atoms with Crippen LogP contribution in [0.25, 0.3) is 6.08 Å². The molecule has 0 fully saturated rings. The molecule has 0 N–H and O–H groups in total. The van der Waals surface area contributed by atoms with Crippen LogP contribution >= 0.6 is 0 Å². The molecule has 0 bridgehead atoms. The molecule has 0 atom stereocenters. The van der Waals surface area contributed by atoms with Crippen molar-refractivity contribution in [1.29, 1.82) is 0 Å². The first-order valence-corrected chi connectivity index (χ1v) is 7.43. The third kappa shape index (κ3) is 5.05. The molecule has 0 aromatic heterocycles. The Morgan fingerprint density at radius 3 is 2.12 bits per heavy atom. The summed E-state index contributed by atoms with van der Waals surface area (Å²) in [6, 6.07) is 7.67. The van der Waals surface area contributed by atoms with Gasteiger partial charge in [0, 0.05) is 26.7 Å². The largest absolute Gasteiger partial charge is 0.335 e. The summed E-state index contributed by atoms with van der Waals surface area (Å²) in [7, 11) is 3.00.